The lowest BCUT2D eigenvalue weighted by atomic mass is 9.85. The molecule has 1 heteroatoms. The summed E-state index contributed by atoms with van der Waals surface area (Å²) >= 11 is 0. The Labute approximate surface area is 102 Å². The molecule has 0 aromatic heterocycles. The van der Waals surface area contributed by atoms with Crippen LogP contribution in [0.4, 0.5) is 4.39 Å². The fourth-order valence-electron chi connectivity index (χ4n) is 1.73. The van der Waals surface area contributed by atoms with Crippen LogP contribution in [0.2, 0.25) is 0 Å². The van der Waals surface area contributed by atoms with Crippen LogP contribution in [0.25, 0.3) is 11.1 Å². The fourth-order valence-corrected chi connectivity index (χ4v) is 1.73. The first kappa shape index (κ1) is 11.8. The van der Waals surface area contributed by atoms with Crippen molar-refractivity contribution in [3.05, 3.63) is 59.9 Å². The molecule has 0 unspecified atom stereocenters. The van der Waals surface area contributed by atoms with Crippen LogP contribution < -0.4 is 0 Å². The van der Waals surface area contributed by atoms with E-state index in [9.17, 15) is 4.39 Å². The first-order valence-corrected chi connectivity index (χ1v) is 5.75. The van der Waals surface area contributed by atoms with E-state index >= 15 is 0 Å². The van der Waals surface area contributed by atoms with Gasteiger partial charge in [-0.3, -0.25) is 0 Å². The van der Waals surface area contributed by atoms with Crippen LogP contribution in [-0.2, 0) is 5.41 Å². The predicted molar refractivity (Wildman–Crippen MR) is 69.4 cm³/mol. The zero-order valence-electron chi connectivity index (χ0n) is 10.4. The Bertz CT molecular complexity index is 504. The van der Waals surface area contributed by atoms with Crippen LogP contribution in [0.5, 0.6) is 0 Å². The summed E-state index contributed by atoms with van der Waals surface area (Å²) in [5.41, 5.74) is 3.38. The Morgan fingerprint density at radius 1 is 1.00 bits per heavy atom. The lowest BCUT2D eigenvalue weighted by molar-refractivity contribution is 0.590. The number of hydrogen-bond acceptors (Lipinski definition) is 0. The van der Waals surface area contributed by atoms with E-state index in [4.69, 9.17) is 0 Å². The minimum Gasteiger partial charge on any atom is -0.207 e. The minimum atomic E-state index is -0.208. The third-order valence-corrected chi connectivity index (χ3v) is 2.82. The second kappa shape index (κ2) is 4.33. The zero-order valence-corrected chi connectivity index (χ0v) is 10.4. The number of halogens is 1. The highest BCUT2D eigenvalue weighted by atomic mass is 19.1. The molecular formula is C16H16F. The molecule has 0 nitrogen and oxygen atoms in total. The molecular weight excluding hydrogens is 211 g/mol. The molecule has 0 fully saturated rings. The average molecular weight is 227 g/mol. The van der Waals surface area contributed by atoms with E-state index in [1.54, 1.807) is 12.1 Å². The van der Waals surface area contributed by atoms with Gasteiger partial charge in [0.1, 0.15) is 5.82 Å². The molecule has 0 atom stereocenters. The van der Waals surface area contributed by atoms with Crippen molar-refractivity contribution in [1.29, 1.82) is 0 Å². The van der Waals surface area contributed by atoms with Crippen molar-refractivity contribution in [3.63, 3.8) is 0 Å². The molecule has 0 aliphatic carbocycles. The summed E-state index contributed by atoms with van der Waals surface area (Å²) in [6.07, 6.45) is 0. The molecule has 87 valence electrons. The molecule has 0 aliphatic rings. The molecule has 0 amide bonds. The van der Waals surface area contributed by atoms with Crippen LogP contribution >= 0.6 is 0 Å². The van der Waals surface area contributed by atoms with Crippen molar-refractivity contribution in [2.24, 2.45) is 0 Å². The van der Waals surface area contributed by atoms with Gasteiger partial charge in [0, 0.05) is 0 Å². The SMILES string of the molecule is CC(C)(C)c1cc[c]c(-c2ccc(F)cc2)c1. The fraction of sp³-hybridized carbons (Fsp3) is 0.250. The normalized spacial score (nSPS) is 11.5. The maximum Gasteiger partial charge on any atom is 0.123 e. The molecule has 2 aromatic carbocycles. The first-order valence-electron chi connectivity index (χ1n) is 5.75. The van der Waals surface area contributed by atoms with Gasteiger partial charge in [0.2, 0.25) is 0 Å². The van der Waals surface area contributed by atoms with Gasteiger partial charge in [-0.2, -0.15) is 0 Å². The van der Waals surface area contributed by atoms with Crippen LogP contribution in [0, 0.1) is 11.9 Å². The molecule has 2 rings (SSSR count). The molecule has 0 bridgehead atoms. The van der Waals surface area contributed by atoms with Crippen LogP contribution in [0.15, 0.2) is 42.5 Å². The van der Waals surface area contributed by atoms with Gasteiger partial charge >= 0.3 is 0 Å². The summed E-state index contributed by atoms with van der Waals surface area (Å²) in [7, 11) is 0. The van der Waals surface area contributed by atoms with Gasteiger partial charge in [-0.15, -0.1) is 0 Å². The Hall–Kier alpha value is -1.63. The summed E-state index contributed by atoms with van der Waals surface area (Å²) in [5.74, 6) is -0.208. The van der Waals surface area contributed by atoms with Gasteiger partial charge in [0.15, 0.2) is 0 Å². The topological polar surface area (TPSA) is 0 Å². The predicted octanol–water partition coefficient (Wildman–Crippen LogP) is 4.59. The summed E-state index contributed by atoms with van der Waals surface area (Å²) < 4.78 is 12.9. The highest BCUT2D eigenvalue weighted by Gasteiger charge is 2.13. The third-order valence-electron chi connectivity index (χ3n) is 2.82. The van der Waals surface area contributed by atoms with Crippen molar-refractivity contribution >= 4 is 0 Å². The Morgan fingerprint density at radius 3 is 2.24 bits per heavy atom. The number of benzene rings is 2. The second-order valence-electron chi connectivity index (χ2n) is 5.25. The number of rotatable bonds is 1. The first-order chi connectivity index (χ1) is 7.97. The molecule has 0 N–H and O–H groups in total. The molecule has 0 spiro atoms. The highest BCUT2D eigenvalue weighted by molar-refractivity contribution is 5.63. The summed E-state index contributed by atoms with van der Waals surface area (Å²) in [4.78, 5) is 0. The largest absolute Gasteiger partial charge is 0.207 e. The van der Waals surface area contributed by atoms with Gasteiger partial charge in [0.05, 0.1) is 0 Å². The molecule has 0 heterocycles. The standard InChI is InChI=1S/C16H16F/c1-16(2,3)14-6-4-5-13(11-14)12-7-9-15(17)10-8-12/h4,6-11H,1-3H3. The van der Waals surface area contributed by atoms with Crippen molar-refractivity contribution in [3.8, 4) is 11.1 Å². The second-order valence-corrected chi connectivity index (χ2v) is 5.25. The maximum atomic E-state index is 12.9. The van der Waals surface area contributed by atoms with Gasteiger partial charge in [-0.05, 0) is 40.3 Å². The molecule has 0 aliphatic heterocycles. The average Bonchev–Trinajstić information content (AvgIpc) is 2.29. The van der Waals surface area contributed by atoms with E-state index in [1.807, 2.05) is 6.07 Å². The van der Waals surface area contributed by atoms with Gasteiger partial charge < -0.3 is 0 Å². The van der Waals surface area contributed by atoms with Crippen LogP contribution in [0.1, 0.15) is 26.3 Å². The Balaban J connectivity index is 2.43. The van der Waals surface area contributed by atoms with Crippen molar-refractivity contribution < 1.29 is 4.39 Å². The van der Waals surface area contributed by atoms with Crippen LogP contribution in [0.3, 0.4) is 0 Å². The van der Waals surface area contributed by atoms with E-state index < -0.39 is 0 Å². The number of hydrogen-bond donors (Lipinski definition) is 0. The smallest absolute Gasteiger partial charge is 0.123 e. The van der Waals surface area contributed by atoms with E-state index in [2.05, 4.69) is 39.0 Å². The van der Waals surface area contributed by atoms with Gasteiger partial charge in [-0.25, -0.2) is 4.39 Å². The van der Waals surface area contributed by atoms with E-state index in [-0.39, 0.29) is 11.2 Å². The Morgan fingerprint density at radius 2 is 1.65 bits per heavy atom. The van der Waals surface area contributed by atoms with Crippen molar-refractivity contribution in [2.45, 2.75) is 26.2 Å². The molecule has 0 saturated heterocycles. The zero-order chi connectivity index (χ0) is 12.5. The third kappa shape index (κ3) is 2.73. The van der Waals surface area contributed by atoms with E-state index in [1.165, 1.54) is 17.7 Å². The summed E-state index contributed by atoms with van der Waals surface area (Å²) in [6, 6.07) is 15.8. The van der Waals surface area contributed by atoms with E-state index in [0.29, 0.717) is 0 Å². The van der Waals surface area contributed by atoms with Crippen LogP contribution in [-0.4, -0.2) is 0 Å². The van der Waals surface area contributed by atoms with Crippen molar-refractivity contribution in [1.82, 2.24) is 0 Å². The van der Waals surface area contributed by atoms with Gasteiger partial charge in [-0.1, -0.05) is 51.1 Å². The maximum absolute atomic E-state index is 12.9. The molecule has 0 saturated carbocycles. The minimum absolute atomic E-state index is 0.115. The summed E-state index contributed by atoms with van der Waals surface area (Å²) in [6.45, 7) is 6.53. The quantitative estimate of drug-likeness (QED) is 0.668. The highest BCUT2D eigenvalue weighted by Crippen LogP contribution is 2.27. The molecule has 2 aromatic rings. The van der Waals surface area contributed by atoms with Gasteiger partial charge in [0.25, 0.3) is 0 Å². The monoisotopic (exact) mass is 227 g/mol. The van der Waals surface area contributed by atoms with Crippen molar-refractivity contribution in [2.75, 3.05) is 0 Å². The summed E-state index contributed by atoms with van der Waals surface area (Å²) in [5, 5.41) is 0. The Kier molecular flexibility index (Phi) is 3.01. The lowest BCUT2D eigenvalue weighted by Gasteiger charge is -2.19. The van der Waals surface area contributed by atoms with E-state index in [0.717, 1.165) is 11.1 Å². The molecule has 17 heavy (non-hydrogen) atoms. The lowest BCUT2D eigenvalue weighted by Crippen LogP contribution is -2.10. The molecule has 1 radical (unpaired) electrons.